The first-order valence-electron chi connectivity index (χ1n) is 8.80. The van der Waals surface area contributed by atoms with Crippen LogP contribution in [0.25, 0.3) is 0 Å². The molecule has 0 radical (unpaired) electrons. The fourth-order valence-electron chi connectivity index (χ4n) is 2.95. The lowest BCUT2D eigenvalue weighted by Crippen LogP contribution is -2.61. The van der Waals surface area contributed by atoms with Gasteiger partial charge in [0.1, 0.15) is 30.2 Å². The van der Waals surface area contributed by atoms with Gasteiger partial charge >= 0.3 is 0 Å². The normalized spacial score (nSPS) is 29.1. The Morgan fingerprint density at radius 3 is 2.27 bits per heavy atom. The van der Waals surface area contributed by atoms with Crippen molar-refractivity contribution in [3.8, 4) is 5.75 Å². The lowest BCUT2D eigenvalue weighted by Gasteiger charge is -2.42. The van der Waals surface area contributed by atoms with Gasteiger partial charge in [-0.25, -0.2) is 13.9 Å². The summed E-state index contributed by atoms with van der Waals surface area (Å²) >= 11 is 0. The predicted octanol–water partition coefficient (Wildman–Crippen LogP) is -2.10. The summed E-state index contributed by atoms with van der Waals surface area (Å²) < 4.78 is 42.1. The maximum atomic E-state index is 13.3. The van der Waals surface area contributed by atoms with E-state index in [1.807, 2.05) is 0 Å². The number of methoxy groups -OCH3 is 1. The number of benzene rings is 1. The van der Waals surface area contributed by atoms with Gasteiger partial charge in [0.15, 0.2) is 11.2 Å². The second kappa shape index (κ2) is 9.53. The second-order valence-electron chi connectivity index (χ2n) is 6.84. The molecule has 2 rings (SSSR count). The highest BCUT2D eigenvalue weighted by atomic mass is 32.2. The van der Waals surface area contributed by atoms with Gasteiger partial charge in [-0.1, -0.05) is 0 Å². The number of ether oxygens (including phenoxy) is 3. The van der Waals surface area contributed by atoms with Crippen LogP contribution in [0.1, 0.15) is 13.3 Å². The Hall–Kier alpha value is -1.84. The minimum atomic E-state index is -4.46. The Balaban J connectivity index is 2.43. The Labute approximate surface area is 172 Å². The van der Waals surface area contributed by atoms with Gasteiger partial charge in [0.25, 0.3) is 0 Å². The van der Waals surface area contributed by atoms with E-state index in [2.05, 4.69) is 0 Å². The third-order valence-corrected chi connectivity index (χ3v) is 7.03. The van der Waals surface area contributed by atoms with Crippen LogP contribution in [0.5, 0.6) is 5.75 Å². The Bertz CT molecular complexity index is 829. The van der Waals surface area contributed by atoms with Gasteiger partial charge in [-0.3, -0.25) is 10.0 Å². The molecule has 6 N–H and O–H groups in total. The summed E-state index contributed by atoms with van der Waals surface area (Å²) in [6.45, 7) is 0.257. The van der Waals surface area contributed by atoms with Crippen LogP contribution >= 0.6 is 0 Å². The molecule has 170 valence electrons. The third-order valence-electron chi connectivity index (χ3n) is 4.76. The number of carbonyl (C=O) groups excluding carboxylic acids is 1. The molecule has 0 spiro atoms. The summed E-state index contributed by atoms with van der Waals surface area (Å²) in [5, 5.41) is 48.1. The quantitative estimate of drug-likeness (QED) is 0.187. The smallest absolute Gasteiger partial charge is 0.247 e. The zero-order valence-corrected chi connectivity index (χ0v) is 17.0. The number of aliphatic hydroxyl groups is 4. The Morgan fingerprint density at radius 1 is 1.17 bits per heavy atom. The minimum Gasteiger partial charge on any atom is -0.497 e. The number of aliphatic hydroxyl groups excluding tert-OH is 4. The van der Waals surface area contributed by atoms with Crippen molar-refractivity contribution < 1.29 is 53.1 Å². The monoisotopic (exact) mass is 451 g/mol. The highest BCUT2D eigenvalue weighted by molar-refractivity contribution is 7.92. The molecular formula is C17H25NO11S. The summed E-state index contributed by atoms with van der Waals surface area (Å²) in [7, 11) is -3.07. The van der Waals surface area contributed by atoms with Gasteiger partial charge in [0.05, 0.1) is 25.0 Å². The zero-order valence-electron chi connectivity index (χ0n) is 16.2. The Kier molecular flexibility index (Phi) is 7.76. The lowest BCUT2D eigenvalue weighted by molar-refractivity contribution is -0.314. The number of nitrogens with one attached hydrogen (secondary N) is 1. The fourth-order valence-corrected chi connectivity index (χ4v) is 4.48. The molecule has 1 saturated heterocycles. The standard InChI is InChI=1S/C17H25NO11S/c1-17(7-12(20)18-24,30(25,26)10-5-3-9(27-2)4-6-10)29-16-15(23)14(22)13(21)11(8-19)28-16/h3-6,11,13-16,19,21-24H,7-8H2,1-2H3,(H,18,20). The molecule has 1 fully saturated rings. The molecule has 0 aliphatic carbocycles. The van der Waals surface area contributed by atoms with Crippen molar-refractivity contribution >= 4 is 15.7 Å². The van der Waals surface area contributed by atoms with E-state index in [9.17, 15) is 33.6 Å². The predicted molar refractivity (Wildman–Crippen MR) is 98.0 cm³/mol. The van der Waals surface area contributed by atoms with Crippen molar-refractivity contribution in [1.82, 2.24) is 5.48 Å². The van der Waals surface area contributed by atoms with E-state index in [1.54, 1.807) is 0 Å². The van der Waals surface area contributed by atoms with Crippen LogP contribution in [-0.4, -0.2) is 89.3 Å². The molecule has 1 aromatic carbocycles. The van der Waals surface area contributed by atoms with Crippen LogP contribution in [0, 0.1) is 0 Å². The van der Waals surface area contributed by atoms with Gasteiger partial charge in [-0.15, -0.1) is 0 Å². The lowest BCUT2D eigenvalue weighted by atomic mass is 9.99. The van der Waals surface area contributed by atoms with Crippen molar-refractivity contribution in [3.63, 3.8) is 0 Å². The first-order chi connectivity index (χ1) is 14.0. The van der Waals surface area contributed by atoms with E-state index < -0.39 is 64.4 Å². The van der Waals surface area contributed by atoms with Crippen molar-refractivity contribution in [2.75, 3.05) is 13.7 Å². The number of carbonyl (C=O) groups is 1. The molecule has 12 nitrogen and oxygen atoms in total. The molecule has 6 atom stereocenters. The van der Waals surface area contributed by atoms with Crippen molar-refractivity contribution in [1.29, 1.82) is 0 Å². The minimum absolute atomic E-state index is 0.263. The van der Waals surface area contributed by atoms with E-state index in [1.165, 1.54) is 36.9 Å². The van der Waals surface area contributed by atoms with Crippen LogP contribution in [0.4, 0.5) is 0 Å². The summed E-state index contributed by atoms with van der Waals surface area (Å²) in [5.41, 5.74) is 1.31. The van der Waals surface area contributed by atoms with Crippen molar-refractivity contribution in [3.05, 3.63) is 24.3 Å². The van der Waals surface area contributed by atoms with Crippen molar-refractivity contribution in [2.24, 2.45) is 0 Å². The zero-order chi connectivity index (χ0) is 22.7. The molecule has 0 aromatic heterocycles. The number of hydrogen-bond acceptors (Lipinski definition) is 11. The first-order valence-corrected chi connectivity index (χ1v) is 10.3. The van der Waals surface area contributed by atoms with Gasteiger partial charge < -0.3 is 34.6 Å². The molecular weight excluding hydrogens is 426 g/mol. The van der Waals surface area contributed by atoms with Crippen LogP contribution in [-0.2, 0) is 24.1 Å². The molecule has 30 heavy (non-hydrogen) atoms. The molecule has 0 saturated carbocycles. The number of rotatable bonds is 8. The highest BCUT2D eigenvalue weighted by Crippen LogP contribution is 2.35. The summed E-state index contributed by atoms with van der Waals surface area (Å²) in [6.07, 6.45) is -9.49. The average Bonchev–Trinajstić information content (AvgIpc) is 2.73. The number of sulfone groups is 1. The molecule has 0 bridgehead atoms. The first kappa shape index (κ1) is 24.4. The van der Waals surface area contributed by atoms with Crippen LogP contribution in [0.2, 0.25) is 0 Å². The Morgan fingerprint density at radius 2 is 1.77 bits per heavy atom. The topological polar surface area (TPSA) is 192 Å². The summed E-state index contributed by atoms with van der Waals surface area (Å²) in [5.74, 6) is -0.738. The van der Waals surface area contributed by atoms with E-state index in [4.69, 9.17) is 19.4 Å². The summed E-state index contributed by atoms with van der Waals surface area (Å²) in [4.78, 5) is 9.16. The molecule has 1 aliphatic heterocycles. The van der Waals surface area contributed by atoms with Gasteiger partial charge in [0.2, 0.25) is 15.7 Å². The second-order valence-corrected chi connectivity index (χ2v) is 9.18. The molecule has 1 amide bonds. The van der Waals surface area contributed by atoms with Crippen LogP contribution in [0.3, 0.4) is 0 Å². The number of amides is 1. The summed E-state index contributed by atoms with van der Waals surface area (Å²) in [6, 6.07) is 5.15. The van der Waals surface area contributed by atoms with Crippen LogP contribution in [0.15, 0.2) is 29.2 Å². The van der Waals surface area contributed by atoms with Gasteiger partial charge in [-0.2, -0.15) is 0 Å². The SMILES string of the molecule is COc1ccc(S(=O)(=O)C(C)(CC(=O)NO)OC2OC(CO)C(O)C(O)C2O)cc1. The van der Waals surface area contributed by atoms with Crippen molar-refractivity contribution in [2.45, 2.75) is 53.9 Å². The highest BCUT2D eigenvalue weighted by Gasteiger charge is 2.51. The van der Waals surface area contributed by atoms with Gasteiger partial charge in [-0.05, 0) is 31.2 Å². The fraction of sp³-hybridized carbons (Fsp3) is 0.588. The number of hydroxylamine groups is 1. The molecule has 1 heterocycles. The molecule has 1 aromatic rings. The molecule has 13 heteroatoms. The van der Waals surface area contributed by atoms with E-state index in [0.717, 1.165) is 6.92 Å². The van der Waals surface area contributed by atoms with E-state index in [-0.39, 0.29) is 4.90 Å². The maximum absolute atomic E-state index is 13.3. The molecule has 6 unspecified atom stereocenters. The van der Waals surface area contributed by atoms with E-state index in [0.29, 0.717) is 5.75 Å². The third kappa shape index (κ3) is 4.73. The maximum Gasteiger partial charge on any atom is 0.247 e. The average molecular weight is 451 g/mol. The largest absolute Gasteiger partial charge is 0.497 e. The molecule has 1 aliphatic rings. The van der Waals surface area contributed by atoms with Crippen LogP contribution < -0.4 is 10.2 Å². The number of hydrogen-bond donors (Lipinski definition) is 6. The van der Waals surface area contributed by atoms with E-state index >= 15 is 0 Å². The van der Waals surface area contributed by atoms with Gasteiger partial charge in [0, 0.05) is 0 Å².